The molecule has 1 amide bonds. The molecule has 2 N–H and O–H groups in total. The minimum atomic E-state index is -0.00713. The molecule has 7 nitrogen and oxygen atoms in total. The second kappa shape index (κ2) is 6.31. The number of pyridine rings is 1. The van der Waals surface area contributed by atoms with Gasteiger partial charge in [0, 0.05) is 30.7 Å². The fraction of sp³-hybridized carbons (Fsp3) is 0.444. The van der Waals surface area contributed by atoms with Crippen LogP contribution in [0.3, 0.4) is 0 Å². The third kappa shape index (κ3) is 2.90. The van der Waals surface area contributed by atoms with Gasteiger partial charge >= 0.3 is 0 Å². The molecule has 1 saturated heterocycles. The fourth-order valence-electron chi connectivity index (χ4n) is 3.56. The number of amides is 1. The van der Waals surface area contributed by atoms with Crippen molar-refractivity contribution in [2.24, 2.45) is 5.92 Å². The molecule has 1 fully saturated rings. The molecule has 0 spiro atoms. The molecule has 4 heterocycles. The van der Waals surface area contributed by atoms with Crippen molar-refractivity contribution in [3.63, 3.8) is 0 Å². The molecule has 4 rings (SSSR count). The topological polar surface area (TPSA) is 86.8 Å². The van der Waals surface area contributed by atoms with Crippen molar-refractivity contribution in [1.29, 1.82) is 0 Å². The van der Waals surface area contributed by atoms with Crippen molar-refractivity contribution >= 4 is 33.7 Å². The lowest BCUT2D eigenvalue weighted by Crippen LogP contribution is -2.45. The van der Waals surface area contributed by atoms with Gasteiger partial charge in [-0.2, -0.15) is 0 Å². The number of fused-ring (bicyclic) bond motifs is 3. The standard InChI is InChI=1S/C18H22N6O/c1-11(2)23-18(25)12-4-3-7-24(9-12)17-15-13-5-6-19-16(13)20-8-14(15)21-10-22-17/h5-6,8,10-12H,3-4,7,9H2,1-2H3,(H,21,22)(H,23,25). The highest BCUT2D eigenvalue weighted by molar-refractivity contribution is 6.08. The molecule has 130 valence electrons. The van der Waals surface area contributed by atoms with E-state index in [9.17, 15) is 4.79 Å². The molecule has 0 bridgehead atoms. The summed E-state index contributed by atoms with van der Waals surface area (Å²) in [5.41, 5.74) is 1.65. The van der Waals surface area contributed by atoms with E-state index in [0.29, 0.717) is 6.54 Å². The molecule has 3 aromatic heterocycles. The molecular weight excluding hydrogens is 316 g/mol. The number of carbonyl (C=O) groups is 1. The van der Waals surface area contributed by atoms with Gasteiger partial charge < -0.3 is 15.2 Å². The van der Waals surface area contributed by atoms with Crippen molar-refractivity contribution in [1.82, 2.24) is 25.3 Å². The lowest BCUT2D eigenvalue weighted by Gasteiger charge is -2.33. The minimum Gasteiger partial charge on any atom is -0.355 e. The molecule has 0 saturated carbocycles. The Kier molecular flexibility index (Phi) is 3.99. The summed E-state index contributed by atoms with van der Waals surface area (Å²) < 4.78 is 0. The Hall–Kier alpha value is -2.70. The van der Waals surface area contributed by atoms with Crippen molar-refractivity contribution in [3.8, 4) is 0 Å². The molecule has 1 aliphatic heterocycles. The van der Waals surface area contributed by atoms with Crippen molar-refractivity contribution in [2.45, 2.75) is 32.7 Å². The maximum absolute atomic E-state index is 12.4. The molecule has 1 atom stereocenters. The third-order valence-electron chi connectivity index (χ3n) is 4.69. The van der Waals surface area contributed by atoms with Gasteiger partial charge in [0.25, 0.3) is 0 Å². The second-order valence-corrected chi connectivity index (χ2v) is 6.90. The monoisotopic (exact) mass is 338 g/mol. The van der Waals surface area contributed by atoms with E-state index in [1.165, 1.54) is 0 Å². The van der Waals surface area contributed by atoms with E-state index in [1.807, 2.05) is 19.9 Å². The molecule has 0 aliphatic carbocycles. The average molecular weight is 338 g/mol. The van der Waals surface area contributed by atoms with Crippen molar-refractivity contribution in [3.05, 3.63) is 24.8 Å². The molecule has 1 aliphatic rings. The smallest absolute Gasteiger partial charge is 0.225 e. The summed E-state index contributed by atoms with van der Waals surface area (Å²) in [5, 5.41) is 5.05. The van der Waals surface area contributed by atoms with Gasteiger partial charge in [-0.25, -0.2) is 15.0 Å². The van der Waals surface area contributed by atoms with Crippen molar-refractivity contribution < 1.29 is 4.79 Å². The first-order valence-electron chi connectivity index (χ1n) is 8.75. The largest absolute Gasteiger partial charge is 0.355 e. The van der Waals surface area contributed by atoms with Crippen LogP contribution in [0.5, 0.6) is 0 Å². The molecule has 25 heavy (non-hydrogen) atoms. The molecule has 0 aromatic carbocycles. The number of carbonyl (C=O) groups excluding carboxylic acids is 1. The summed E-state index contributed by atoms with van der Waals surface area (Å²) in [6, 6.07) is 2.13. The number of aromatic nitrogens is 4. The molecule has 7 heteroatoms. The quantitative estimate of drug-likeness (QED) is 0.765. The van der Waals surface area contributed by atoms with Crippen LogP contribution in [0.25, 0.3) is 21.9 Å². The number of nitrogens with one attached hydrogen (secondary N) is 2. The van der Waals surface area contributed by atoms with Gasteiger partial charge in [0.1, 0.15) is 5.82 Å². The third-order valence-corrected chi connectivity index (χ3v) is 4.69. The van der Waals surface area contributed by atoms with E-state index >= 15 is 0 Å². The summed E-state index contributed by atoms with van der Waals surface area (Å²) in [4.78, 5) is 31.1. The predicted octanol–water partition coefficient (Wildman–Crippen LogP) is 2.25. The highest BCUT2D eigenvalue weighted by Crippen LogP contribution is 2.31. The summed E-state index contributed by atoms with van der Waals surface area (Å²) in [6.45, 7) is 5.57. The predicted molar refractivity (Wildman–Crippen MR) is 97.4 cm³/mol. The van der Waals surface area contributed by atoms with Gasteiger partial charge in [-0.3, -0.25) is 4.79 Å². The van der Waals surface area contributed by atoms with Gasteiger partial charge in [-0.15, -0.1) is 0 Å². The van der Waals surface area contributed by atoms with Gasteiger partial charge in [0.05, 0.1) is 29.3 Å². The zero-order chi connectivity index (χ0) is 17.4. The van der Waals surface area contributed by atoms with Crippen LogP contribution in [0.15, 0.2) is 24.8 Å². The van der Waals surface area contributed by atoms with Gasteiger partial charge in [0.15, 0.2) is 5.65 Å². The fourth-order valence-corrected chi connectivity index (χ4v) is 3.56. The summed E-state index contributed by atoms with van der Waals surface area (Å²) in [6.07, 6.45) is 7.15. The first-order valence-corrected chi connectivity index (χ1v) is 8.75. The van der Waals surface area contributed by atoms with Gasteiger partial charge in [-0.1, -0.05) is 0 Å². The van der Waals surface area contributed by atoms with E-state index in [2.05, 4.69) is 30.2 Å². The maximum Gasteiger partial charge on any atom is 0.225 e. The van der Waals surface area contributed by atoms with Gasteiger partial charge in [-0.05, 0) is 32.8 Å². The summed E-state index contributed by atoms with van der Waals surface area (Å²) >= 11 is 0. The second-order valence-electron chi connectivity index (χ2n) is 6.90. The van der Waals surface area contributed by atoms with E-state index in [0.717, 1.165) is 47.1 Å². The Morgan fingerprint density at radius 2 is 2.24 bits per heavy atom. The van der Waals surface area contributed by atoms with Crippen LogP contribution in [0.2, 0.25) is 0 Å². The van der Waals surface area contributed by atoms with E-state index in [-0.39, 0.29) is 17.9 Å². The minimum absolute atomic E-state index is 0.00713. The van der Waals surface area contributed by atoms with E-state index in [4.69, 9.17) is 0 Å². The number of aromatic amines is 1. The van der Waals surface area contributed by atoms with Gasteiger partial charge in [0.2, 0.25) is 5.91 Å². The number of rotatable bonds is 3. The highest BCUT2D eigenvalue weighted by Gasteiger charge is 2.28. The number of hydrogen-bond acceptors (Lipinski definition) is 5. The first kappa shape index (κ1) is 15.8. The van der Waals surface area contributed by atoms with Crippen LogP contribution in [0, 0.1) is 5.92 Å². The number of hydrogen-bond donors (Lipinski definition) is 2. The lowest BCUT2D eigenvalue weighted by atomic mass is 9.96. The zero-order valence-corrected chi connectivity index (χ0v) is 14.5. The average Bonchev–Trinajstić information content (AvgIpc) is 3.09. The van der Waals surface area contributed by atoms with Crippen LogP contribution < -0.4 is 10.2 Å². The Morgan fingerprint density at radius 3 is 3.08 bits per heavy atom. The number of H-pyrrole nitrogens is 1. The van der Waals surface area contributed by atoms with Crippen LogP contribution >= 0.6 is 0 Å². The summed E-state index contributed by atoms with van der Waals surface area (Å²) in [7, 11) is 0. The Balaban J connectivity index is 1.71. The Morgan fingerprint density at radius 1 is 1.36 bits per heavy atom. The van der Waals surface area contributed by atoms with E-state index < -0.39 is 0 Å². The Labute approximate surface area is 145 Å². The van der Waals surface area contributed by atoms with Crippen molar-refractivity contribution in [2.75, 3.05) is 18.0 Å². The lowest BCUT2D eigenvalue weighted by molar-refractivity contribution is -0.125. The normalized spacial score (nSPS) is 18.2. The zero-order valence-electron chi connectivity index (χ0n) is 14.5. The highest BCUT2D eigenvalue weighted by atomic mass is 16.2. The first-order chi connectivity index (χ1) is 12.1. The molecule has 1 unspecified atom stereocenters. The van der Waals surface area contributed by atoms with Crippen LogP contribution in [0.1, 0.15) is 26.7 Å². The van der Waals surface area contributed by atoms with E-state index in [1.54, 1.807) is 18.7 Å². The SMILES string of the molecule is CC(C)NC(=O)C1CCCN(c2nc[nH]c3cnc4nccc4c23)C1. The molecule has 0 radical (unpaired) electrons. The molecule has 3 aromatic rings. The number of nitrogens with zero attached hydrogens (tertiary/aromatic N) is 4. The Bertz CT molecular complexity index is 918. The van der Waals surface area contributed by atoms with Crippen LogP contribution in [-0.4, -0.2) is 45.0 Å². The van der Waals surface area contributed by atoms with Crippen LogP contribution in [0.4, 0.5) is 5.82 Å². The molecular formula is C18H22N6O. The number of anilines is 1. The summed E-state index contributed by atoms with van der Waals surface area (Å²) in [5.74, 6) is 1.02. The number of piperidine rings is 1. The maximum atomic E-state index is 12.4. The van der Waals surface area contributed by atoms with Crippen LogP contribution in [-0.2, 0) is 4.79 Å².